The fourth-order valence-electron chi connectivity index (χ4n) is 2.79. The largest absolute Gasteiger partial charge is 0.479 e. The standard InChI is InChI=1S/C14H14N2O3/c17-12-10-5-1-2-6-11(10)15-9-14(12,13(18)19)16-7-3-4-8-16/h1-2,5-6,9H,3-4,7-8H2,(H,18,19)/t14-/m1/s1. The molecule has 0 amide bonds. The Morgan fingerprint density at radius 2 is 1.95 bits per heavy atom. The average molecular weight is 258 g/mol. The first-order chi connectivity index (χ1) is 9.16. The van der Waals surface area contributed by atoms with Gasteiger partial charge < -0.3 is 5.11 Å². The van der Waals surface area contributed by atoms with Crippen LogP contribution in [0.5, 0.6) is 0 Å². The van der Waals surface area contributed by atoms with Gasteiger partial charge in [-0.25, -0.2) is 4.79 Å². The van der Waals surface area contributed by atoms with Gasteiger partial charge in [0, 0.05) is 24.9 Å². The van der Waals surface area contributed by atoms with E-state index in [-0.39, 0.29) is 5.78 Å². The Bertz CT molecular complexity index is 576. The zero-order chi connectivity index (χ0) is 13.5. The molecule has 2 heterocycles. The van der Waals surface area contributed by atoms with Crippen molar-refractivity contribution in [3.05, 3.63) is 29.8 Å². The maximum atomic E-state index is 12.7. The molecule has 0 bridgehead atoms. The molecule has 1 atom stereocenters. The summed E-state index contributed by atoms with van der Waals surface area (Å²) < 4.78 is 0. The third-order valence-electron chi connectivity index (χ3n) is 3.82. The maximum Gasteiger partial charge on any atom is 0.338 e. The van der Waals surface area contributed by atoms with Gasteiger partial charge in [0.2, 0.25) is 11.3 Å². The highest BCUT2D eigenvalue weighted by Gasteiger charge is 2.52. The molecule has 5 heteroatoms. The number of para-hydroxylation sites is 1. The van der Waals surface area contributed by atoms with Crippen molar-refractivity contribution in [2.75, 3.05) is 13.1 Å². The van der Waals surface area contributed by atoms with E-state index in [0.717, 1.165) is 12.8 Å². The van der Waals surface area contributed by atoms with E-state index in [4.69, 9.17) is 0 Å². The van der Waals surface area contributed by atoms with Crippen LogP contribution in [0.2, 0.25) is 0 Å². The van der Waals surface area contributed by atoms with Crippen molar-refractivity contribution in [1.82, 2.24) is 4.90 Å². The molecule has 19 heavy (non-hydrogen) atoms. The number of hydrogen-bond acceptors (Lipinski definition) is 4. The summed E-state index contributed by atoms with van der Waals surface area (Å²) in [5.41, 5.74) is -0.687. The number of carbonyl (C=O) groups is 2. The minimum Gasteiger partial charge on any atom is -0.479 e. The Hall–Kier alpha value is -2.01. The molecule has 1 saturated heterocycles. The van der Waals surface area contributed by atoms with Crippen molar-refractivity contribution in [3.8, 4) is 0 Å². The van der Waals surface area contributed by atoms with E-state index in [2.05, 4.69) is 4.99 Å². The van der Waals surface area contributed by atoms with E-state index in [1.54, 1.807) is 29.2 Å². The van der Waals surface area contributed by atoms with Gasteiger partial charge in [-0.2, -0.15) is 0 Å². The number of carboxylic acid groups (broad SMARTS) is 1. The smallest absolute Gasteiger partial charge is 0.338 e. The average Bonchev–Trinajstić information content (AvgIpc) is 2.94. The van der Waals surface area contributed by atoms with Crippen LogP contribution in [0, 0.1) is 0 Å². The predicted octanol–water partition coefficient (Wildman–Crippen LogP) is 1.50. The summed E-state index contributed by atoms with van der Waals surface area (Å²) in [7, 11) is 0. The van der Waals surface area contributed by atoms with Crippen LogP contribution < -0.4 is 0 Å². The summed E-state index contributed by atoms with van der Waals surface area (Å²) in [6.07, 6.45) is 3.13. The van der Waals surface area contributed by atoms with Gasteiger partial charge in [-0.05, 0) is 25.0 Å². The number of carbonyl (C=O) groups excluding carboxylic acids is 1. The first-order valence-corrected chi connectivity index (χ1v) is 6.34. The molecule has 3 rings (SSSR count). The topological polar surface area (TPSA) is 70.0 Å². The lowest BCUT2D eigenvalue weighted by atomic mass is 9.85. The molecule has 0 spiro atoms. The third-order valence-corrected chi connectivity index (χ3v) is 3.82. The lowest BCUT2D eigenvalue weighted by molar-refractivity contribution is -0.143. The zero-order valence-corrected chi connectivity index (χ0v) is 10.4. The summed E-state index contributed by atoms with van der Waals surface area (Å²) in [6, 6.07) is 6.88. The van der Waals surface area contributed by atoms with E-state index in [1.165, 1.54) is 6.21 Å². The van der Waals surface area contributed by atoms with E-state index in [0.29, 0.717) is 24.3 Å². The number of rotatable bonds is 2. The van der Waals surface area contributed by atoms with E-state index >= 15 is 0 Å². The molecule has 0 aliphatic carbocycles. The number of fused-ring (bicyclic) bond motifs is 1. The van der Waals surface area contributed by atoms with Crippen molar-refractivity contribution in [2.24, 2.45) is 4.99 Å². The molecule has 1 fully saturated rings. The molecule has 0 unspecified atom stereocenters. The molecule has 1 aromatic rings. The lowest BCUT2D eigenvalue weighted by Crippen LogP contribution is -2.61. The second-order valence-corrected chi connectivity index (χ2v) is 4.87. The van der Waals surface area contributed by atoms with E-state index in [1.807, 2.05) is 0 Å². The van der Waals surface area contributed by atoms with Crippen molar-refractivity contribution in [1.29, 1.82) is 0 Å². The Labute approximate surface area is 110 Å². The maximum absolute atomic E-state index is 12.7. The fourth-order valence-corrected chi connectivity index (χ4v) is 2.79. The minimum atomic E-state index is -1.62. The number of carboxylic acids is 1. The van der Waals surface area contributed by atoms with Crippen LogP contribution in [0.3, 0.4) is 0 Å². The highest BCUT2D eigenvalue weighted by atomic mass is 16.4. The number of ketones is 1. The molecule has 2 aliphatic heterocycles. The molecule has 0 aromatic heterocycles. The lowest BCUT2D eigenvalue weighted by Gasteiger charge is -2.35. The van der Waals surface area contributed by atoms with Crippen LogP contribution in [-0.4, -0.2) is 46.6 Å². The van der Waals surface area contributed by atoms with Gasteiger partial charge in [0.25, 0.3) is 0 Å². The van der Waals surface area contributed by atoms with Crippen LogP contribution in [0.4, 0.5) is 5.69 Å². The Balaban J connectivity index is 2.13. The van der Waals surface area contributed by atoms with Gasteiger partial charge in [0.1, 0.15) is 0 Å². The van der Waals surface area contributed by atoms with Crippen molar-refractivity contribution in [3.63, 3.8) is 0 Å². The van der Waals surface area contributed by atoms with Crippen molar-refractivity contribution < 1.29 is 14.7 Å². The Morgan fingerprint density at radius 3 is 2.63 bits per heavy atom. The Morgan fingerprint density at radius 1 is 1.26 bits per heavy atom. The zero-order valence-electron chi connectivity index (χ0n) is 10.4. The summed E-state index contributed by atoms with van der Waals surface area (Å²) in [5, 5.41) is 9.59. The van der Waals surface area contributed by atoms with Gasteiger partial charge >= 0.3 is 5.97 Å². The summed E-state index contributed by atoms with van der Waals surface area (Å²) in [5.74, 6) is -1.52. The molecule has 5 nitrogen and oxygen atoms in total. The first-order valence-electron chi connectivity index (χ1n) is 6.34. The number of Topliss-reactive ketones (excluding diaryl/α,β-unsaturated/α-hetero) is 1. The van der Waals surface area contributed by atoms with Crippen LogP contribution in [0.25, 0.3) is 0 Å². The number of benzene rings is 1. The monoisotopic (exact) mass is 258 g/mol. The molecule has 1 N–H and O–H groups in total. The number of hydrogen-bond donors (Lipinski definition) is 1. The summed E-state index contributed by atoms with van der Waals surface area (Å²) in [4.78, 5) is 30.3. The Kier molecular flexibility index (Phi) is 2.71. The van der Waals surface area contributed by atoms with E-state index in [9.17, 15) is 14.7 Å². The third kappa shape index (κ3) is 1.62. The van der Waals surface area contributed by atoms with Crippen LogP contribution in [0.1, 0.15) is 23.2 Å². The number of nitrogens with zero attached hydrogens (tertiary/aromatic N) is 2. The predicted molar refractivity (Wildman–Crippen MR) is 70.1 cm³/mol. The number of aliphatic carboxylic acids is 1. The minimum absolute atomic E-state index is 0.382. The van der Waals surface area contributed by atoms with Crippen molar-refractivity contribution in [2.45, 2.75) is 18.4 Å². The normalized spacial score (nSPS) is 26.4. The van der Waals surface area contributed by atoms with E-state index < -0.39 is 11.5 Å². The number of aliphatic imine (C=N–C) groups is 1. The highest BCUT2D eigenvalue weighted by Crippen LogP contribution is 2.33. The van der Waals surface area contributed by atoms with Gasteiger partial charge in [0.15, 0.2) is 0 Å². The molecule has 1 aromatic carbocycles. The van der Waals surface area contributed by atoms with Gasteiger partial charge in [-0.1, -0.05) is 12.1 Å². The molecule has 98 valence electrons. The van der Waals surface area contributed by atoms with Gasteiger partial charge in [0.05, 0.1) is 5.69 Å². The molecule has 0 saturated carbocycles. The molecular formula is C14H14N2O3. The molecule has 0 radical (unpaired) electrons. The summed E-state index contributed by atoms with van der Waals surface area (Å²) in [6.45, 7) is 1.23. The SMILES string of the molecule is O=C(O)[C@@]1(N2CCCC2)C=Nc2ccccc2C1=O. The van der Waals surface area contributed by atoms with Gasteiger partial charge in [-0.3, -0.25) is 14.7 Å². The quantitative estimate of drug-likeness (QED) is 0.816. The van der Waals surface area contributed by atoms with Crippen LogP contribution in [0.15, 0.2) is 29.3 Å². The first kappa shape index (κ1) is 12.0. The van der Waals surface area contributed by atoms with Crippen LogP contribution in [-0.2, 0) is 4.79 Å². The second kappa shape index (κ2) is 4.28. The van der Waals surface area contributed by atoms with Gasteiger partial charge in [-0.15, -0.1) is 0 Å². The molecule has 2 aliphatic rings. The van der Waals surface area contributed by atoms with Crippen LogP contribution >= 0.6 is 0 Å². The molecular weight excluding hydrogens is 244 g/mol. The fraction of sp³-hybridized carbons (Fsp3) is 0.357. The number of likely N-dealkylation sites (tertiary alicyclic amines) is 1. The van der Waals surface area contributed by atoms with Crippen molar-refractivity contribution >= 4 is 23.7 Å². The summed E-state index contributed by atoms with van der Waals surface area (Å²) >= 11 is 0. The highest BCUT2D eigenvalue weighted by molar-refractivity contribution is 6.30. The second-order valence-electron chi connectivity index (χ2n) is 4.87.